The third-order valence-electron chi connectivity index (χ3n) is 3.87. The molecule has 0 spiro atoms. The fourth-order valence-electron chi connectivity index (χ4n) is 2.55. The number of aromatic nitrogens is 4. The van der Waals surface area contributed by atoms with Gasteiger partial charge in [-0.05, 0) is 24.3 Å². The number of rotatable bonds is 5. The van der Waals surface area contributed by atoms with E-state index in [0.717, 1.165) is 10.6 Å². The van der Waals surface area contributed by atoms with Crippen LogP contribution in [0.1, 0.15) is 10.4 Å². The zero-order chi connectivity index (χ0) is 18.8. The summed E-state index contributed by atoms with van der Waals surface area (Å²) in [6, 6.07) is 12.5. The minimum absolute atomic E-state index is 0.262. The van der Waals surface area contributed by atoms with Crippen LogP contribution in [0.4, 0.5) is 5.69 Å². The Kier molecular flexibility index (Phi) is 4.43. The Morgan fingerprint density at radius 3 is 2.59 bits per heavy atom. The van der Waals surface area contributed by atoms with Crippen molar-refractivity contribution in [1.82, 2.24) is 19.8 Å². The fraction of sp³-hybridized carbons (Fsp3) is 0.111. The number of nitrogens with one attached hydrogen (secondary N) is 1. The Labute approximate surface area is 158 Å². The standard InChI is InChI=1S/C18H15N5O3S/c1-25-14-7-12(8-15(9-14)26-2)16(24)20-13-5-3-4-11(6-13)17-22-23-10-19-21-18(23)27-17/h3-10H,1-2H3,(H,20,24). The van der Waals surface area contributed by atoms with Crippen LogP contribution in [0.2, 0.25) is 0 Å². The Morgan fingerprint density at radius 2 is 1.89 bits per heavy atom. The van der Waals surface area contributed by atoms with Gasteiger partial charge in [0.2, 0.25) is 4.96 Å². The summed E-state index contributed by atoms with van der Waals surface area (Å²) in [5.74, 6) is 0.837. The summed E-state index contributed by atoms with van der Waals surface area (Å²) in [5.41, 5.74) is 1.98. The fourth-order valence-corrected chi connectivity index (χ4v) is 3.36. The first-order valence-electron chi connectivity index (χ1n) is 7.98. The van der Waals surface area contributed by atoms with Crippen LogP contribution in [0.3, 0.4) is 0 Å². The average Bonchev–Trinajstić information content (AvgIpc) is 3.30. The first-order valence-corrected chi connectivity index (χ1v) is 8.79. The Balaban J connectivity index is 1.59. The number of ether oxygens (including phenoxy) is 2. The molecule has 0 atom stereocenters. The molecule has 2 heterocycles. The van der Waals surface area contributed by atoms with Crippen molar-refractivity contribution in [3.8, 4) is 22.1 Å². The molecule has 136 valence electrons. The van der Waals surface area contributed by atoms with E-state index in [-0.39, 0.29) is 5.91 Å². The lowest BCUT2D eigenvalue weighted by atomic mass is 10.1. The molecule has 4 aromatic rings. The van der Waals surface area contributed by atoms with Gasteiger partial charge in [-0.1, -0.05) is 23.5 Å². The summed E-state index contributed by atoms with van der Waals surface area (Å²) in [5, 5.41) is 15.9. The van der Waals surface area contributed by atoms with Crippen LogP contribution in [-0.2, 0) is 0 Å². The maximum atomic E-state index is 12.6. The molecule has 1 N–H and O–H groups in total. The average molecular weight is 381 g/mol. The molecular formula is C18H15N5O3S. The van der Waals surface area contributed by atoms with Gasteiger partial charge in [-0.3, -0.25) is 4.79 Å². The first-order chi connectivity index (χ1) is 13.2. The van der Waals surface area contributed by atoms with Crippen molar-refractivity contribution in [3.63, 3.8) is 0 Å². The summed E-state index contributed by atoms with van der Waals surface area (Å²) in [4.78, 5) is 13.4. The van der Waals surface area contributed by atoms with E-state index in [4.69, 9.17) is 9.47 Å². The van der Waals surface area contributed by atoms with Crippen molar-refractivity contribution in [2.24, 2.45) is 0 Å². The van der Waals surface area contributed by atoms with Gasteiger partial charge < -0.3 is 14.8 Å². The minimum atomic E-state index is -0.262. The lowest BCUT2D eigenvalue weighted by molar-refractivity contribution is 0.102. The van der Waals surface area contributed by atoms with E-state index in [2.05, 4.69) is 20.6 Å². The molecule has 0 bridgehead atoms. The molecule has 8 nitrogen and oxygen atoms in total. The minimum Gasteiger partial charge on any atom is -0.497 e. The molecule has 4 rings (SSSR count). The van der Waals surface area contributed by atoms with Gasteiger partial charge in [0.25, 0.3) is 5.91 Å². The third kappa shape index (κ3) is 3.44. The van der Waals surface area contributed by atoms with E-state index >= 15 is 0 Å². The predicted molar refractivity (Wildman–Crippen MR) is 102 cm³/mol. The number of carbonyl (C=O) groups is 1. The molecule has 0 radical (unpaired) electrons. The van der Waals surface area contributed by atoms with E-state index in [1.54, 1.807) is 43.3 Å². The van der Waals surface area contributed by atoms with Gasteiger partial charge in [0.1, 0.15) is 22.8 Å². The zero-order valence-corrected chi connectivity index (χ0v) is 15.4. The number of hydrogen-bond acceptors (Lipinski definition) is 7. The molecule has 2 aromatic carbocycles. The predicted octanol–water partition coefficient (Wildman–Crippen LogP) is 3.12. The Morgan fingerprint density at radius 1 is 1.11 bits per heavy atom. The Bertz CT molecular complexity index is 1070. The molecule has 0 saturated heterocycles. The van der Waals surface area contributed by atoms with E-state index in [1.165, 1.54) is 11.3 Å². The summed E-state index contributed by atoms with van der Waals surface area (Å²) in [6.45, 7) is 0. The van der Waals surface area contributed by atoms with Gasteiger partial charge in [0.05, 0.1) is 14.2 Å². The highest BCUT2D eigenvalue weighted by molar-refractivity contribution is 7.19. The summed E-state index contributed by atoms with van der Waals surface area (Å²) < 4.78 is 12.1. The largest absolute Gasteiger partial charge is 0.497 e. The van der Waals surface area contributed by atoms with E-state index in [9.17, 15) is 4.79 Å². The van der Waals surface area contributed by atoms with Crippen molar-refractivity contribution in [1.29, 1.82) is 0 Å². The number of nitrogens with zero attached hydrogens (tertiary/aromatic N) is 4. The van der Waals surface area contributed by atoms with Crippen LogP contribution in [0.25, 0.3) is 15.5 Å². The van der Waals surface area contributed by atoms with Crippen LogP contribution < -0.4 is 14.8 Å². The lowest BCUT2D eigenvalue weighted by Gasteiger charge is -2.10. The lowest BCUT2D eigenvalue weighted by Crippen LogP contribution is -2.12. The second-order valence-electron chi connectivity index (χ2n) is 5.60. The second kappa shape index (κ2) is 7.04. The molecular weight excluding hydrogens is 366 g/mol. The van der Waals surface area contributed by atoms with Crippen LogP contribution in [0.5, 0.6) is 11.5 Å². The van der Waals surface area contributed by atoms with Crippen LogP contribution >= 0.6 is 11.3 Å². The van der Waals surface area contributed by atoms with Crippen molar-refractivity contribution < 1.29 is 14.3 Å². The summed E-state index contributed by atoms with van der Waals surface area (Å²) in [7, 11) is 3.08. The van der Waals surface area contributed by atoms with E-state index < -0.39 is 0 Å². The number of amides is 1. The SMILES string of the molecule is COc1cc(OC)cc(C(=O)Nc2cccc(-c3nn4cnnc4s3)c2)c1. The highest BCUT2D eigenvalue weighted by Crippen LogP contribution is 2.27. The third-order valence-corrected chi connectivity index (χ3v) is 4.83. The molecule has 1 amide bonds. The normalized spacial score (nSPS) is 10.7. The first kappa shape index (κ1) is 17.0. The number of carbonyl (C=O) groups excluding carboxylic acids is 1. The molecule has 0 aliphatic rings. The summed E-state index contributed by atoms with van der Waals surface area (Å²) in [6.07, 6.45) is 1.55. The molecule has 27 heavy (non-hydrogen) atoms. The molecule has 0 fully saturated rings. The van der Waals surface area contributed by atoms with E-state index in [0.29, 0.717) is 27.7 Å². The molecule has 0 aliphatic heterocycles. The maximum absolute atomic E-state index is 12.6. The van der Waals surface area contributed by atoms with Gasteiger partial charge >= 0.3 is 0 Å². The zero-order valence-electron chi connectivity index (χ0n) is 14.5. The molecule has 0 unspecified atom stereocenters. The van der Waals surface area contributed by atoms with Crippen molar-refractivity contribution >= 4 is 27.9 Å². The van der Waals surface area contributed by atoms with E-state index in [1.807, 2.05) is 24.3 Å². The molecule has 2 aromatic heterocycles. The van der Waals surface area contributed by atoms with Gasteiger partial charge in [-0.25, -0.2) is 0 Å². The second-order valence-corrected chi connectivity index (χ2v) is 6.56. The Hall–Kier alpha value is -3.46. The van der Waals surface area contributed by atoms with Gasteiger partial charge in [-0.2, -0.15) is 9.61 Å². The van der Waals surface area contributed by atoms with Crippen LogP contribution in [-0.4, -0.2) is 39.9 Å². The molecule has 0 aliphatic carbocycles. The smallest absolute Gasteiger partial charge is 0.255 e. The highest BCUT2D eigenvalue weighted by atomic mass is 32.1. The van der Waals surface area contributed by atoms with Gasteiger partial charge in [0, 0.05) is 22.9 Å². The molecule has 9 heteroatoms. The van der Waals surface area contributed by atoms with Crippen molar-refractivity contribution in [2.75, 3.05) is 19.5 Å². The van der Waals surface area contributed by atoms with Crippen molar-refractivity contribution in [3.05, 3.63) is 54.4 Å². The number of anilines is 1. The topological polar surface area (TPSA) is 90.6 Å². The van der Waals surface area contributed by atoms with Crippen LogP contribution in [0, 0.1) is 0 Å². The highest BCUT2D eigenvalue weighted by Gasteiger charge is 2.12. The van der Waals surface area contributed by atoms with Crippen molar-refractivity contribution in [2.45, 2.75) is 0 Å². The summed E-state index contributed by atoms with van der Waals surface area (Å²) >= 11 is 1.42. The monoisotopic (exact) mass is 381 g/mol. The van der Waals surface area contributed by atoms with Crippen LogP contribution in [0.15, 0.2) is 48.8 Å². The van der Waals surface area contributed by atoms with Gasteiger partial charge in [-0.15, -0.1) is 10.2 Å². The number of hydrogen-bond donors (Lipinski definition) is 1. The quantitative estimate of drug-likeness (QED) is 0.571. The number of methoxy groups -OCH3 is 2. The number of fused-ring (bicyclic) bond motifs is 1. The maximum Gasteiger partial charge on any atom is 0.255 e. The molecule has 0 saturated carbocycles. The number of benzene rings is 2. The van der Waals surface area contributed by atoms with Gasteiger partial charge in [0.15, 0.2) is 0 Å².